The van der Waals surface area contributed by atoms with Crippen molar-refractivity contribution in [2.24, 2.45) is 5.92 Å². The van der Waals surface area contributed by atoms with Gasteiger partial charge in [-0.15, -0.1) is 0 Å². The molecule has 6 heteroatoms. The second-order valence-electron chi connectivity index (χ2n) is 6.03. The summed E-state index contributed by atoms with van der Waals surface area (Å²) in [5.41, 5.74) is 1.97. The van der Waals surface area contributed by atoms with E-state index >= 15 is 0 Å². The average molecular weight is 318 g/mol. The zero-order chi connectivity index (χ0) is 17.0. The van der Waals surface area contributed by atoms with Crippen LogP contribution >= 0.6 is 0 Å². The Labute approximate surface area is 135 Å². The molecule has 0 bridgehead atoms. The number of rotatable bonds is 5. The largest absolute Gasteiger partial charge is 0.481 e. The molecule has 2 atom stereocenters. The van der Waals surface area contributed by atoms with Gasteiger partial charge in [0.25, 0.3) is 0 Å². The molecular formula is C17H22N2O4. The molecule has 0 spiro atoms. The molecular weight excluding hydrogens is 296 g/mol. The van der Waals surface area contributed by atoms with E-state index in [0.29, 0.717) is 13.0 Å². The molecule has 2 rings (SSSR count). The maximum Gasteiger partial charge on any atom is 0.308 e. The molecule has 23 heavy (non-hydrogen) atoms. The van der Waals surface area contributed by atoms with Crippen molar-refractivity contribution in [3.8, 4) is 0 Å². The molecule has 1 aromatic rings. The van der Waals surface area contributed by atoms with Crippen LogP contribution in [0, 0.1) is 12.8 Å². The van der Waals surface area contributed by atoms with Crippen molar-refractivity contribution >= 4 is 17.8 Å². The van der Waals surface area contributed by atoms with Gasteiger partial charge in [-0.05, 0) is 18.9 Å². The number of carboxylic acids is 1. The van der Waals surface area contributed by atoms with E-state index in [4.69, 9.17) is 5.11 Å². The van der Waals surface area contributed by atoms with E-state index in [1.54, 1.807) is 4.90 Å². The molecule has 0 radical (unpaired) electrons. The molecule has 1 aliphatic heterocycles. The SMILES string of the molecule is CC(=O)N[C@H](CC(=O)N1CC[C@@H](C(=O)O)C1)c1ccc(C)cc1. The zero-order valence-electron chi connectivity index (χ0n) is 13.4. The molecule has 124 valence electrons. The van der Waals surface area contributed by atoms with Gasteiger partial charge in [-0.25, -0.2) is 0 Å². The smallest absolute Gasteiger partial charge is 0.308 e. The molecule has 0 unspecified atom stereocenters. The molecule has 1 heterocycles. The fraction of sp³-hybridized carbons (Fsp3) is 0.471. The van der Waals surface area contributed by atoms with Crippen molar-refractivity contribution in [1.29, 1.82) is 0 Å². The van der Waals surface area contributed by atoms with Crippen molar-refractivity contribution in [3.05, 3.63) is 35.4 Å². The number of carbonyl (C=O) groups is 3. The van der Waals surface area contributed by atoms with Gasteiger partial charge in [-0.2, -0.15) is 0 Å². The monoisotopic (exact) mass is 318 g/mol. The lowest BCUT2D eigenvalue weighted by Crippen LogP contribution is -2.35. The number of aliphatic carboxylic acids is 1. The molecule has 2 amide bonds. The van der Waals surface area contributed by atoms with E-state index in [1.807, 2.05) is 31.2 Å². The minimum absolute atomic E-state index is 0.131. The lowest BCUT2D eigenvalue weighted by molar-refractivity contribution is -0.141. The van der Waals surface area contributed by atoms with Crippen molar-refractivity contribution in [3.63, 3.8) is 0 Å². The number of likely N-dealkylation sites (tertiary alicyclic amines) is 1. The van der Waals surface area contributed by atoms with Crippen LogP contribution in [0.15, 0.2) is 24.3 Å². The van der Waals surface area contributed by atoms with Crippen molar-refractivity contribution in [1.82, 2.24) is 10.2 Å². The predicted molar refractivity (Wildman–Crippen MR) is 84.7 cm³/mol. The number of hydrogen-bond acceptors (Lipinski definition) is 3. The van der Waals surface area contributed by atoms with E-state index in [-0.39, 0.29) is 24.8 Å². The molecule has 1 aromatic carbocycles. The van der Waals surface area contributed by atoms with Gasteiger partial charge in [0.2, 0.25) is 11.8 Å². The van der Waals surface area contributed by atoms with Gasteiger partial charge in [0.05, 0.1) is 18.4 Å². The molecule has 0 aromatic heterocycles. The topological polar surface area (TPSA) is 86.7 Å². The lowest BCUT2D eigenvalue weighted by Gasteiger charge is -2.22. The van der Waals surface area contributed by atoms with E-state index < -0.39 is 17.9 Å². The summed E-state index contributed by atoms with van der Waals surface area (Å²) in [6, 6.07) is 7.26. The third kappa shape index (κ3) is 4.55. The van der Waals surface area contributed by atoms with Crippen LogP contribution in [0.3, 0.4) is 0 Å². The van der Waals surface area contributed by atoms with Crippen LogP contribution < -0.4 is 5.32 Å². The Balaban J connectivity index is 2.05. The van der Waals surface area contributed by atoms with Crippen LogP contribution in [0.1, 0.15) is 36.9 Å². The van der Waals surface area contributed by atoms with E-state index in [1.165, 1.54) is 6.92 Å². The molecule has 1 saturated heterocycles. The predicted octanol–water partition coefficient (Wildman–Crippen LogP) is 1.50. The minimum Gasteiger partial charge on any atom is -0.481 e. The molecule has 1 fully saturated rings. The highest BCUT2D eigenvalue weighted by molar-refractivity contribution is 5.80. The van der Waals surface area contributed by atoms with Gasteiger partial charge < -0.3 is 15.3 Å². The Morgan fingerprint density at radius 1 is 1.30 bits per heavy atom. The first kappa shape index (κ1) is 17.0. The Hall–Kier alpha value is -2.37. The Bertz CT molecular complexity index is 597. The maximum absolute atomic E-state index is 12.4. The van der Waals surface area contributed by atoms with Gasteiger partial charge in [-0.1, -0.05) is 29.8 Å². The number of nitrogens with one attached hydrogen (secondary N) is 1. The summed E-state index contributed by atoms with van der Waals surface area (Å²) in [6.45, 7) is 4.09. The Morgan fingerprint density at radius 3 is 2.48 bits per heavy atom. The van der Waals surface area contributed by atoms with Gasteiger partial charge in [0.1, 0.15) is 0 Å². The molecule has 0 aliphatic carbocycles. The summed E-state index contributed by atoms with van der Waals surface area (Å²) in [4.78, 5) is 36.4. The average Bonchev–Trinajstić information content (AvgIpc) is 2.97. The fourth-order valence-corrected chi connectivity index (χ4v) is 2.79. The third-order valence-corrected chi connectivity index (χ3v) is 4.13. The van der Waals surface area contributed by atoms with Gasteiger partial charge in [-0.3, -0.25) is 14.4 Å². The molecule has 6 nitrogen and oxygen atoms in total. The summed E-state index contributed by atoms with van der Waals surface area (Å²) in [5.74, 6) is -1.68. The number of hydrogen-bond donors (Lipinski definition) is 2. The lowest BCUT2D eigenvalue weighted by atomic mass is 10.0. The highest BCUT2D eigenvalue weighted by Crippen LogP contribution is 2.22. The first-order chi connectivity index (χ1) is 10.9. The highest BCUT2D eigenvalue weighted by Gasteiger charge is 2.31. The Kier molecular flexibility index (Phi) is 5.36. The summed E-state index contributed by atoms with van der Waals surface area (Å²) in [5, 5.41) is 11.8. The van der Waals surface area contributed by atoms with E-state index in [9.17, 15) is 14.4 Å². The zero-order valence-corrected chi connectivity index (χ0v) is 13.4. The minimum atomic E-state index is -0.864. The van der Waals surface area contributed by atoms with Gasteiger partial charge in [0.15, 0.2) is 0 Å². The van der Waals surface area contributed by atoms with Crippen LogP contribution in [-0.4, -0.2) is 40.9 Å². The molecule has 0 saturated carbocycles. The normalized spacial score (nSPS) is 18.5. The number of nitrogens with zero attached hydrogens (tertiary/aromatic N) is 1. The van der Waals surface area contributed by atoms with Crippen molar-refractivity contribution in [2.45, 2.75) is 32.7 Å². The number of aryl methyl sites for hydroxylation is 1. The van der Waals surface area contributed by atoms with Crippen LogP contribution in [0.4, 0.5) is 0 Å². The Morgan fingerprint density at radius 2 is 1.96 bits per heavy atom. The number of benzene rings is 1. The summed E-state index contributed by atoms with van der Waals surface area (Å²) in [6.07, 6.45) is 0.616. The van der Waals surface area contributed by atoms with Crippen LogP contribution in [0.5, 0.6) is 0 Å². The second kappa shape index (κ2) is 7.26. The fourth-order valence-electron chi connectivity index (χ4n) is 2.79. The standard InChI is InChI=1S/C17H22N2O4/c1-11-3-5-13(6-4-11)15(18-12(2)20)9-16(21)19-8-7-14(10-19)17(22)23/h3-6,14-15H,7-10H2,1-2H3,(H,18,20)(H,22,23)/t14-,15-/m1/s1. The highest BCUT2D eigenvalue weighted by atomic mass is 16.4. The molecule has 1 aliphatic rings. The molecule has 2 N–H and O–H groups in total. The maximum atomic E-state index is 12.4. The summed E-state index contributed by atoms with van der Waals surface area (Å²) >= 11 is 0. The van der Waals surface area contributed by atoms with E-state index in [0.717, 1.165) is 11.1 Å². The first-order valence-electron chi connectivity index (χ1n) is 7.71. The van der Waals surface area contributed by atoms with Gasteiger partial charge >= 0.3 is 5.97 Å². The second-order valence-corrected chi connectivity index (χ2v) is 6.03. The van der Waals surface area contributed by atoms with Crippen molar-refractivity contribution in [2.75, 3.05) is 13.1 Å². The van der Waals surface area contributed by atoms with Crippen LogP contribution in [-0.2, 0) is 14.4 Å². The quantitative estimate of drug-likeness (QED) is 0.861. The number of carbonyl (C=O) groups excluding carboxylic acids is 2. The van der Waals surface area contributed by atoms with E-state index in [2.05, 4.69) is 5.32 Å². The van der Waals surface area contributed by atoms with Crippen molar-refractivity contribution < 1.29 is 19.5 Å². The van der Waals surface area contributed by atoms with Crippen LogP contribution in [0.25, 0.3) is 0 Å². The number of amides is 2. The summed E-state index contributed by atoms with van der Waals surface area (Å²) in [7, 11) is 0. The summed E-state index contributed by atoms with van der Waals surface area (Å²) < 4.78 is 0. The van der Waals surface area contributed by atoms with Gasteiger partial charge in [0, 0.05) is 20.0 Å². The third-order valence-electron chi connectivity index (χ3n) is 4.13. The van der Waals surface area contributed by atoms with Crippen LogP contribution in [0.2, 0.25) is 0 Å². The number of carboxylic acid groups (broad SMARTS) is 1. The first-order valence-corrected chi connectivity index (χ1v) is 7.71.